The Balaban J connectivity index is 2.31. The lowest BCUT2D eigenvalue weighted by atomic mass is 9.99. The fourth-order valence-electron chi connectivity index (χ4n) is 1.29. The van der Waals surface area contributed by atoms with Gasteiger partial charge >= 0.3 is 0 Å². The molecule has 0 aromatic rings. The highest BCUT2D eigenvalue weighted by molar-refractivity contribution is 4.83. The van der Waals surface area contributed by atoms with Crippen LogP contribution in [0.15, 0.2) is 0 Å². The van der Waals surface area contributed by atoms with E-state index in [0.717, 1.165) is 32.5 Å². The van der Waals surface area contributed by atoms with E-state index in [-0.39, 0.29) is 5.66 Å². The molecule has 0 bridgehead atoms. The molecule has 0 spiro atoms. The summed E-state index contributed by atoms with van der Waals surface area (Å²) < 4.78 is 0. The molecule has 1 rings (SSSR count). The van der Waals surface area contributed by atoms with E-state index < -0.39 is 0 Å². The van der Waals surface area contributed by atoms with Gasteiger partial charge in [-0.3, -0.25) is 0 Å². The van der Waals surface area contributed by atoms with Crippen LogP contribution in [-0.4, -0.2) is 30.2 Å². The normalized spacial score (nSPS) is 26.7. The van der Waals surface area contributed by atoms with Gasteiger partial charge in [-0.05, 0) is 19.4 Å². The van der Waals surface area contributed by atoms with Crippen LogP contribution in [-0.2, 0) is 0 Å². The van der Waals surface area contributed by atoms with Gasteiger partial charge in [0.1, 0.15) is 0 Å². The van der Waals surface area contributed by atoms with Crippen LogP contribution in [0.3, 0.4) is 0 Å². The molecule has 60 valence electrons. The van der Waals surface area contributed by atoms with E-state index in [0.29, 0.717) is 0 Å². The second kappa shape index (κ2) is 2.86. The van der Waals surface area contributed by atoms with Crippen molar-refractivity contribution >= 4 is 0 Å². The zero-order valence-electron chi connectivity index (χ0n) is 6.64. The van der Waals surface area contributed by atoms with Gasteiger partial charge in [-0.25, -0.2) is 0 Å². The highest BCUT2D eigenvalue weighted by atomic mass is 15.2. The van der Waals surface area contributed by atoms with Crippen molar-refractivity contribution in [3.8, 4) is 0 Å². The molecule has 3 nitrogen and oxygen atoms in total. The first-order valence-corrected chi connectivity index (χ1v) is 3.94. The maximum absolute atomic E-state index is 5.75. The molecule has 0 amide bonds. The molecule has 0 unspecified atom stereocenters. The lowest BCUT2D eigenvalue weighted by molar-refractivity contribution is 0.172. The second-order valence-corrected chi connectivity index (χ2v) is 3.17. The Morgan fingerprint density at radius 3 is 2.20 bits per heavy atom. The number of nitrogens with two attached hydrogens (primary N) is 2. The first kappa shape index (κ1) is 7.98. The Bertz CT molecular complexity index is 101. The Morgan fingerprint density at radius 1 is 1.30 bits per heavy atom. The zero-order chi connectivity index (χ0) is 7.61. The molecule has 4 N–H and O–H groups in total. The Morgan fingerprint density at radius 2 is 1.80 bits per heavy atom. The number of hydrogen-bond donors (Lipinski definition) is 2. The number of likely N-dealkylation sites (tertiary alicyclic amines) is 1. The Hall–Kier alpha value is -0.120. The summed E-state index contributed by atoms with van der Waals surface area (Å²) in [6.45, 7) is 5.41. The molecule has 0 saturated carbocycles. The number of nitrogens with zero attached hydrogens (tertiary/aromatic N) is 1. The number of rotatable bonds is 1. The van der Waals surface area contributed by atoms with Gasteiger partial charge in [0.05, 0.1) is 5.66 Å². The van der Waals surface area contributed by atoms with Gasteiger partial charge in [-0.2, -0.15) is 0 Å². The molecule has 0 aliphatic carbocycles. The van der Waals surface area contributed by atoms with Crippen molar-refractivity contribution in [1.82, 2.24) is 4.90 Å². The van der Waals surface area contributed by atoms with Gasteiger partial charge < -0.3 is 16.4 Å². The van der Waals surface area contributed by atoms with Gasteiger partial charge in [0.2, 0.25) is 0 Å². The van der Waals surface area contributed by atoms with Crippen molar-refractivity contribution in [1.29, 1.82) is 0 Å². The van der Waals surface area contributed by atoms with E-state index in [1.54, 1.807) is 0 Å². The predicted octanol–water partition coefficient (Wildman–Crippen LogP) is -0.284. The average molecular weight is 143 g/mol. The summed E-state index contributed by atoms with van der Waals surface area (Å²) in [4.78, 5) is 2.37. The van der Waals surface area contributed by atoms with Crippen LogP contribution in [0.25, 0.3) is 0 Å². The molecule has 1 fully saturated rings. The van der Waals surface area contributed by atoms with Gasteiger partial charge in [0.15, 0.2) is 0 Å². The molecule has 3 heteroatoms. The molecule has 1 heterocycles. The third-order valence-electron chi connectivity index (χ3n) is 2.23. The van der Waals surface area contributed by atoms with Crippen LogP contribution >= 0.6 is 0 Å². The minimum Gasteiger partial charge on any atom is -0.313 e. The Kier molecular flexibility index (Phi) is 2.28. The maximum Gasteiger partial charge on any atom is 0.0661 e. The SMILES string of the molecule is CCN1CCC(N)(N)CC1. The van der Waals surface area contributed by atoms with E-state index in [9.17, 15) is 0 Å². The summed E-state index contributed by atoms with van der Waals surface area (Å²) in [6.07, 6.45) is 1.86. The van der Waals surface area contributed by atoms with Crippen molar-refractivity contribution in [2.75, 3.05) is 19.6 Å². The topological polar surface area (TPSA) is 55.3 Å². The quantitative estimate of drug-likeness (QED) is 0.496. The van der Waals surface area contributed by atoms with Crippen molar-refractivity contribution in [2.24, 2.45) is 11.5 Å². The molecule has 10 heavy (non-hydrogen) atoms. The smallest absolute Gasteiger partial charge is 0.0661 e. The molecule has 0 atom stereocenters. The largest absolute Gasteiger partial charge is 0.313 e. The average Bonchev–Trinajstić information content (AvgIpc) is 1.88. The van der Waals surface area contributed by atoms with Crippen molar-refractivity contribution < 1.29 is 0 Å². The molecule has 1 saturated heterocycles. The lowest BCUT2D eigenvalue weighted by Crippen LogP contribution is -2.56. The first-order valence-electron chi connectivity index (χ1n) is 3.94. The van der Waals surface area contributed by atoms with Gasteiger partial charge in [-0.1, -0.05) is 6.92 Å². The number of hydrogen-bond acceptors (Lipinski definition) is 3. The fourth-order valence-corrected chi connectivity index (χ4v) is 1.29. The summed E-state index contributed by atoms with van der Waals surface area (Å²) in [5, 5.41) is 0. The summed E-state index contributed by atoms with van der Waals surface area (Å²) in [6, 6.07) is 0. The Labute approximate surface area is 62.4 Å². The number of piperidine rings is 1. The third-order valence-corrected chi connectivity index (χ3v) is 2.23. The van der Waals surface area contributed by atoms with E-state index in [2.05, 4.69) is 11.8 Å². The molecule has 0 aromatic carbocycles. The van der Waals surface area contributed by atoms with Crippen LogP contribution in [0, 0.1) is 0 Å². The van der Waals surface area contributed by atoms with Crippen molar-refractivity contribution in [2.45, 2.75) is 25.4 Å². The molecule has 0 aromatic heterocycles. The van der Waals surface area contributed by atoms with Gasteiger partial charge in [-0.15, -0.1) is 0 Å². The molecular weight excluding hydrogens is 126 g/mol. The van der Waals surface area contributed by atoms with Gasteiger partial charge in [0, 0.05) is 13.1 Å². The first-order chi connectivity index (χ1) is 4.64. The molecule has 1 aliphatic rings. The minimum absolute atomic E-state index is 0.383. The molecule has 0 radical (unpaired) electrons. The highest BCUT2D eigenvalue weighted by Gasteiger charge is 2.25. The minimum atomic E-state index is -0.383. The summed E-state index contributed by atoms with van der Waals surface area (Å²) in [5.41, 5.74) is 11.1. The fraction of sp³-hybridized carbons (Fsp3) is 1.00. The summed E-state index contributed by atoms with van der Waals surface area (Å²) >= 11 is 0. The van der Waals surface area contributed by atoms with E-state index in [4.69, 9.17) is 11.5 Å². The van der Waals surface area contributed by atoms with Gasteiger partial charge in [0.25, 0.3) is 0 Å². The monoisotopic (exact) mass is 143 g/mol. The van der Waals surface area contributed by atoms with Crippen LogP contribution < -0.4 is 11.5 Å². The molecule has 1 aliphatic heterocycles. The van der Waals surface area contributed by atoms with Crippen LogP contribution in [0.4, 0.5) is 0 Å². The molecular formula is C7H17N3. The summed E-state index contributed by atoms with van der Waals surface area (Å²) in [7, 11) is 0. The third kappa shape index (κ3) is 1.94. The summed E-state index contributed by atoms with van der Waals surface area (Å²) in [5.74, 6) is 0. The predicted molar refractivity (Wildman–Crippen MR) is 42.5 cm³/mol. The van der Waals surface area contributed by atoms with E-state index in [1.165, 1.54) is 0 Å². The van der Waals surface area contributed by atoms with Crippen molar-refractivity contribution in [3.05, 3.63) is 0 Å². The highest BCUT2D eigenvalue weighted by Crippen LogP contribution is 2.13. The standard InChI is InChI=1S/C7H17N3/c1-2-10-5-3-7(8,9)4-6-10/h2-6,8-9H2,1H3. The second-order valence-electron chi connectivity index (χ2n) is 3.17. The zero-order valence-corrected chi connectivity index (χ0v) is 6.64. The van der Waals surface area contributed by atoms with Crippen LogP contribution in [0.5, 0.6) is 0 Å². The van der Waals surface area contributed by atoms with Crippen molar-refractivity contribution in [3.63, 3.8) is 0 Å². The van der Waals surface area contributed by atoms with E-state index >= 15 is 0 Å². The van der Waals surface area contributed by atoms with Crippen LogP contribution in [0.2, 0.25) is 0 Å². The lowest BCUT2D eigenvalue weighted by Gasteiger charge is -2.35. The van der Waals surface area contributed by atoms with E-state index in [1.807, 2.05) is 0 Å². The van der Waals surface area contributed by atoms with Crippen LogP contribution in [0.1, 0.15) is 19.8 Å². The maximum atomic E-state index is 5.75.